The molecule has 13 nitrogen and oxygen atoms in total. The van der Waals surface area contributed by atoms with Crippen LogP contribution in [0.2, 0.25) is 0 Å². The van der Waals surface area contributed by atoms with E-state index in [1.807, 2.05) is 44.2 Å². The SMILES string of the molecule is CCc1nc2ccc(OC)cc2c2c1O[C@]1(CC2)C[C@H]2C(=O)N[C@]3(C(=O)CS(=O)(=O)C4(C)CC4)C[C@H]3/C=C\CCCCC[C@H](CC(=O)c3ccn(CC)n3)C(=O)N2C1. The maximum atomic E-state index is 15.0. The average Bonchev–Trinajstić information content (AvgIpc) is 4.01. The summed E-state index contributed by atoms with van der Waals surface area (Å²) in [6, 6.07) is 6.43. The van der Waals surface area contributed by atoms with E-state index in [1.165, 1.54) is 0 Å². The molecule has 3 aromatic rings. The summed E-state index contributed by atoms with van der Waals surface area (Å²) in [6.45, 7) is 6.34. The summed E-state index contributed by atoms with van der Waals surface area (Å²) in [7, 11) is -2.12. The fourth-order valence-corrected chi connectivity index (χ4v) is 11.0. The van der Waals surface area contributed by atoms with Gasteiger partial charge in [-0.15, -0.1) is 0 Å². The van der Waals surface area contributed by atoms with Crippen LogP contribution in [-0.2, 0) is 43.6 Å². The Morgan fingerprint density at radius 1 is 1.07 bits per heavy atom. The summed E-state index contributed by atoms with van der Waals surface area (Å²) in [5.41, 5.74) is 0.581. The molecule has 2 aliphatic carbocycles. The van der Waals surface area contributed by atoms with Crippen molar-refractivity contribution in [2.75, 3.05) is 19.4 Å². The number of fused-ring (bicyclic) bond motifs is 5. The predicted molar refractivity (Wildman–Crippen MR) is 217 cm³/mol. The first-order valence-corrected chi connectivity index (χ1v) is 22.7. The highest BCUT2D eigenvalue weighted by Gasteiger charge is 2.63. The number of aromatic nitrogens is 3. The average molecular weight is 814 g/mol. The van der Waals surface area contributed by atoms with Gasteiger partial charge in [0.25, 0.3) is 0 Å². The number of nitrogens with one attached hydrogen (secondary N) is 1. The van der Waals surface area contributed by atoms with Crippen LogP contribution in [0, 0.1) is 11.8 Å². The third kappa shape index (κ3) is 7.34. The molecule has 1 aromatic carbocycles. The molecule has 1 spiro atoms. The van der Waals surface area contributed by atoms with Crippen molar-refractivity contribution in [2.45, 2.75) is 133 Å². The third-order valence-electron chi connectivity index (χ3n) is 13.5. The molecule has 5 aliphatic rings. The second-order valence-electron chi connectivity index (χ2n) is 17.4. The molecule has 3 aliphatic heterocycles. The Balaban J connectivity index is 1.15. The van der Waals surface area contributed by atoms with Crippen LogP contribution in [0.25, 0.3) is 10.9 Å². The lowest BCUT2D eigenvalue weighted by Crippen LogP contribution is -2.55. The topological polar surface area (TPSA) is 167 Å². The molecular weight excluding hydrogens is 759 g/mol. The van der Waals surface area contributed by atoms with Crippen molar-refractivity contribution in [2.24, 2.45) is 11.8 Å². The quantitative estimate of drug-likeness (QED) is 0.204. The number of carbonyl (C=O) groups is 4. The summed E-state index contributed by atoms with van der Waals surface area (Å²) in [4.78, 5) is 64.2. The van der Waals surface area contributed by atoms with E-state index in [4.69, 9.17) is 14.5 Å². The normalized spacial score (nSPS) is 28.6. The number of hydrogen-bond acceptors (Lipinski definition) is 10. The van der Waals surface area contributed by atoms with E-state index in [0.29, 0.717) is 75.1 Å². The molecule has 310 valence electrons. The van der Waals surface area contributed by atoms with Crippen LogP contribution in [0.4, 0.5) is 0 Å². The van der Waals surface area contributed by atoms with Crippen LogP contribution in [0.1, 0.15) is 113 Å². The van der Waals surface area contributed by atoms with Crippen molar-refractivity contribution in [3.05, 3.63) is 59.6 Å². The maximum absolute atomic E-state index is 15.0. The highest BCUT2D eigenvalue weighted by molar-refractivity contribution is 7.93. The monoisotopic (exact) mass is 813 g/mol. The van der Waals surface area contributed by atoms with Gasteiger partial charge >= 0.3 is 0 Å². The molecule has 0 unspecified atom stereocenters. The first kappa shape index (κ1) is 40.2. The number of allylic oxidation sites excluding steroid dienone is 1. The molecule has 5 heterocycles. The Bertz CT molecular complexity index is 2300. The number of benzene rings is 1. The van der Waals surface area contributed by atoms with Crippen LogP contribution in [0.15, 0.2) is 42.6 Å². The number of hydrogen-bond donors (Lipinski definition) is 1. The van der Waals surface area contributed by atoms with E-state index >= 15 is 4.79 Å². The van der Waals surface area contributed by atoms with Gasteiger partial charge in [0.15, 0.2) is 21.4 Å². The smallest absolute Gasteiger partial charge is 0.243 e. The van der Waals surface area contributed by atoms with Crippen LogP contribution in [0.5, 0.6) is 11.5 Å². The van der Waals surface area contributed by atoms with Crippen molar-refractivity contribution in [3.63, 3.8) is 0 Å². The molecule has 0 bridgehead atoms. The lowest BCUT2D eigenvalue weighted by molar-refractivity contribution is -0.142. The number of rotatable bonds is 10. The van der Waals surface area contributed by atoms with E-state index in [2.05, 4.69) is 10.4 Å². The predicted octanol–water partition coefficient (Wildman–Crippen LogP) is 5.51. The minimum Gasteiger partial charge on any atom is -0.497 e. The van der Waals surface area contributed by atoms with E-state index < -0.39 is 55.1 Å². The van der Waals surface area contributed by atoms with Gasteiger partial charge in [-0.1, -0.05) is 31.9 Å². The molecule has 2 amide bonds. The second-order valence-corrected chi connectivity index (χ2v) is 19.9. The summed E-state index contributed by atoms with van der Waals surface area (Å²) in [5, 5.41) is 8.40. The molecule has 58 heavy (non-hydrogen) atoms. The van der Waals surface area contributed by atoms with Gasteiger partial charge < -0.3 is 19.7 Å². The second kappa shape index (κ2) is 15.2. The summed E-state index contributed by atoms with van der Waals surface area (Å²) >= 11 is 0. The van der Waals surface area contributed by atoms with Crippen molar-refractivity contribution in [1.82, 2.24) is 25.0 Å². The maximum Gasteiger partial charge on any atom is 0.243 e. The number of aryl methyl sites for hydroxylation is 3. The molecule has 5 atom stereocenters. The summed E-state index contributed by atoms with van der Waals surface area (Å²) in [6.07, 6.45) is 12.4. The fraction of sp³-hybridized carbons (Fsp3) is 0.591. The van der Waals surface area contributed by atoms with Crippen molar-refractivity contribution in [3.8, 4) is 11.5 Å². The number of ether oxygens (including phenoxy) is 2. The molecule has 0 radical (unpaired) electrons. The first-order valence-electron chi connectivity index (χ1n) is 21.0. The number of methoxy groups -OCH3 is 1. The zero-order valence-corrected chi connectivity index (χ0v) is 34.9. The van der Waals surface area contributed by atoms with E-state index in [0.717, 1.165) is 41.4 Å². The number of pyridine rings is 1. The summed E-state index contributed by atoms with van der Waals surface area (Å²) < 4.78 is 40.1. The molecule has 2 saturated carbocycles. The van der Waals surface area contributed by atoms with Crippen LogP contribution < -0.4 is 14.8 Å². The van der Waals surface area contributed by atoms with Gasteiger partial charge in [-0.05, 0) is 95.9 Å². The van der Waals surface area contributed by atoms with Crippen LogP contribution in [-0.4, -0.2) is 92.8 Å². The van der Waals surface area contributed by atoms with Gasteiger partial charge in [-0.25, -0.2) is 13.4 Å². The highest BCUT2D eigenvalue weighted by Crippen LogP contribution is 2.50. The van der Waals surface area contributed by atoms with E-state index in [9.17, 15) is 22.8 Å². The first-order chi connectivity index (χ1) is 27.7. The minimum absolute atomic E-state index is 0.0557. The van der Waals surface area contributed by atoms with Gasteiger partial charge in [0.2, 0.25) is 11.8 Å². The number of Topliss-reactive ketones (excluding diaryl/α,β-unsaturated/α-hetero) is 2. The molecule has 3 fully saturated rings. The largest absolute Gasteiger partial charge is 0.497 e. The Morgan fingerprint density at radius 3 is 2.60 bits per heavy atom. The van der Waals surface area contributed by atoms with Crippen LogP contribution >= 0.6 is 0 Å². The Morgan fingerprint density at radius 2 is 1.88 bits per heavy atom. The third-order valence-corrected chi connectivity index (χ3v) is 16.1. The standard InChI is InChI=1S/C44H55N5O8S/c1-5-33-39-31(32-23-30(56-4)14-15-34(32)45-33)16-18-43(57-39)25-36-40(52)46-44(38(51)26-58(54,55)42(3)19-20-42)24-29(44)13-11-9-7-8-10-12-28(41(53)49(36)27-43)22-37(50)35-17-21-48(6-2)47-35/h11,13-15,17,21,23,28-29,36H,5-10,12,16,18-20,22,24-27H2,1-4H3,(H,46,52)/b13-11-/t28-,29-,36+,43-,44-/m1/s1. The van der Waals surface area contributed by atoms with E-state index in [-0.39, 0.29) is 37.0 Å². The molecule has 2 aromatic heterocycles. The van der Waals surface area contributed by atoms with Crippen LogP contribution in [0.3, 0.4) is 0 Å². The zero-order valence-electron chi connectivity index (χ0n) is 34.1. The lowest BCUT2D eigenvalue weighted by atomic mass is 9.87. The fourth-order valence-electron chi connectivity index (χ4n) is 9.34. The molecule has 8 rings (SSSR count). The number of ketones is 2. The number of amides is 2. The van der Waals surface area contributed by atoms with Gasteiger partial charge in [0.1, 0.15) is 40.1 Å². The van der Waals surface area contributed by atoms with Gasteiger partial charge in [0.05, 0.1) is 29.6 Å². The Hall–Kier alpha value is -4.59. The van der Waals surface area contributed by atoms with Crippen molar-refractivity contribution < 1.29 is 37.1 Å². The zero-order chi connectivity index (χ0) is 41.0. The van der Waals surface area contributed by atoms with Gasteiger partial charge in [-0.2, -0.15) is 5.10 Å². The molecule has 1 N–H and O–H groups in total. The molecular formula is C44H55N5O8S. The van der Waals surface area contributed by atoms with Gasteiger partial charge in [-0.3, -0.25) is 23.9 Å². The number of carbonyl (C=O) groups excluding carboxylic acids is 4. The number of sulfone groups is 1. The molecule has 1 saturated heterocycles. The minimum atomic E-state index is -3.74. The van der Waals surface area contributed by atoms with Crippen molar-refractivity contribution in [1.29, 1.82) is 0 Å². The van der Waals surface area contributed by atoms with E-state index in [1.54, 1.807) is 35.9 Å². The lowest BCUT2D eigenvalue weighted by Gasteiger charge is -2.37. The summed E-state index contributed by atoms with van der Waals surface area (Å²) in [5.74, 6) is -1.93. The highest BCUT2D eigenvalue weighted by atomic mass is 32.2. The van der Waals surface area contributed by atoms with Crippen molar-refractivity contribution >= 4 is 44.1 Å². The Labute approximate surface area is 340 Å². The Kier molecular flexibility index (Phi) is 10.5. The number of nitrogens with zero attached hydrogens (tertiary/aromatic N) is 4. The van der Waals surface area contributed by atoms with Gasteiger partial charge in [0, 0.05) is 48.4 Å². The molecule has 14 heteroatoms.